The van der Waals surface area contributed by atoms with Gasteiger partial charge in [0.1, 0.15) is 5.54 Å². The smallest absolute Gasteiger partial charge is 0.401 e. The first kappa shape index (κ1) is 18.2. The number of hydrogen-bond acceptors (Lipinski definition) is 4. The van der Waals surface area contributed by atoms with E-state index in [9.17, 15) is 18.0 Å². The van der Waals surface area contributed by atoms with Gasteiger partial charge in [-0.3, -0.25) is 9.69 Å². The summed E-state index contributed by atoms with van der Waals surface area (Å²) in [4.78, 5) is 13.4. The van der Waals surface area contributed by atoms with Crippen molar-refractivity contribution >= 4 is 5.97 Å². The quantitative estimate of drug-likeness (QED) is 0.732. The largest absolute Gasteiger partial charge is 0.468 e. The monoisotopic (exact) mass is 310 g/mol. The molecule has 1 rings (SSSR count). The first-order chi connectivity index (χ1) is 9.79. The molecule has 1 N–H and O–H groups in total. The van der Waals surface area contributed by atoms with Crippen LogP contribution in [0.25, 0.3) is 0 Å². The SMILES string of the molecule is CCN(CCC1CCCC1(NC)C(=O)OC)CC(F)(F)F. The van der Waals surface area contributed by atoms with Crippen LogP contribution in [0.5, 0.6) is 0 Å². The molecule has 0 amide bonds. The van der Waals surface area contributed by atoms with Gasteiger partial charge in [-0.05, 0) is 45.3 Å². The number of likely N-dealkylation sites (N-methyl/N-ethyl adjacent to an activating group) is 1. The lowest BCUT2D eigenvalue weighted by molar-refractivity contribution is -0.152. The summed E-state index contributed by atoms with van der Waals surface area (Å²) in [6, 6.07) is 0. The molecule has 2 atom stereocenters. The molecule has 4 nitrogen and oxygen atoms in total. The van der Waals surface area contributed by atoms with Gasteiger partial charge in [0.15, 0.2) is 0 Å². The van der Waals surface area contributed by atoms with E-state index in [2.05, 4.69) is 5.32 Å². The maximum Gasteiger partial charge on any atom is 0.401 e. The lowest BCUT2D eigenvalue weighted by atomic mass is 9.84. The second-order valence-corrected chi connectivity index (χ2v) is 5.57. The van der Waals surface area contributed by atoms with Crippen molar-refractivity contribution < 1.29 is 22.7 Å². The number of methoxy groups -OCH3 is 1. The molecule has 1 aliphatic carbocycles. The highest BCUT2D eigenvalue weighted by Crippen LogP contribution is 2.38. The van der Waals surface area contributed by atoms with E-state index >= 15 is 0 Å². The van der Waals surface area contributed by atoms with Crippen molar-refractivity contribution in [2.75, 3.05) is 33.8 Å². The maximum atomic E-state index is 12.5. The highest BCUT2D eigenvalue weighted by Gasteiger charge is 2.48. The molecule has 0 aliphatic heterocycles. The fraction of sp³-hybridized carbons (Fsp3) is 0.929. The van der Waals surface area contributed by atoms with Crippen molar-refractivity contribution in [2.45, 2.75) is 44.3 Å². The first-order valence-electron chi connectivity index (χ1n) is 7.35. The highest BCUT2D eigenvalue weighted by atomic mass is 19.4. The maximum absolute atomic E-state index is 12.5. The number of esters is 1. The molecule has 1 saturated carbocycles. The van der Waals surface area contributed by atoms with Gasteiger partial charge in [-0.2, -0.15) is 13.2 Å². The molecule has 21 heavy (non-hydrogen) atoms. The number of carbonyl (C=O) groups excluding carboxylic acids is 1. The molecule has 0 bridgehead atoms. The van der Waals surface area contributed by atoms with Crippen LogP contribution < -0.4 is 5.32 Å². The minimum absolute atomic E-state index is 0.0113. The molecule has 0 radical (unpaired) electrons. The molecular weight excluding hydrogens is 285 g/mol. The van der Waals surface area contributed by atoms with Gasteiger partial charge in [0.2, 0.25) is 0 Å². The third kappa shape index (κ3) is 4.57. The number of nitrogens with zero attached hydrogens (tertiary/aromatic N) is 1. The van der Waals surface area contributed by atoms with Crippen molar-refractivity contribution in [1.82, 2.24) is 10.2 Å². The summed E-state index contributed by atoms with van der Waals surface area (Å²) < 4.78 is 42.3. The van der Waals surface area contributed by atoms with Crippen molar-refractivity contribution in [1.29, 1.82) is 0 Å². The zero-order valence-corrected chi connectivity index (χ0v) is 12.9. The molecule has 1 aliphatic rings. The standard InChI is InChI=1S/C14H25F3N2O2/c1-4-19(10-14(15,16)17)9-7-11-6-5-8-13(11,18-2)12(20)21-3/h11,18H,4-10H2,1-3H3. The van der Waals surface area contributed by atoms with Crippen LogP contribution >= 0.6 is 0 Å². The predicted octanol–water partition coefficient (Wildman–Crippen LogP) is 2.19. The molecular formula is C14H25F3N2O2. The number of halogens is 3. The van der Waals surface area contributed by atoms with Crippen molar-refractivity contribution in [2.24, 2.45) is 5.92 Å². The summed E-state index contributed by atoms with van der Waals surface area (Å²) in [5, 5.41) is 3.05. The Morgan fingerprint density at radius 1 is 1.48 bits per heavy atom. The zero-order valence-electron chi connectivity index (χ0n) is 12.9. The molecule has 0 aromatic heterocycles. The summed E-state index contributed by atoms with van der Waals surface area (Å²) >= 11 is 0. The van der Waals surface area contributed by atoms with Crippen LogP contribution in [0.1, 0.15) is 32.6 Å². The van der Waals surface area contributed by atoms with E-state index in [-0.39, 0.29) is 11.9 Å². The van der Waals surface area contributed by atoms with Crippen LogP contribution in [-0.4, -0.2) is 56.4 Å². The number of ether oxygens (including phenoxy) is 1. The summed E-state index contributed by atoms with van der Waals surface area (Å²) in [5.74, 6) is -0.302. The summed E-state index contributed by atoms with van der Waals surface area (Å²) in [6.45, 7) is 1.49. The van der Waals surface area contributed by atoms with E-state index in [1.165, 1.54) is 12.0 Å². The molecule has 2 unspecified atom stereocenters. The molecule has 7 heteroatoms. The number of alkyl halides is 3. The third-order valence-electron chi connectivity index (χ3n) is 4.46. The van der Waals surface area contributed by atoms with Crippen LogP contribution in [0.4, 0.5) is 13.2 Å². The number of hydrogen-bond donors (Lipinski definition) is 1. The van der Waals surface area contributed by atoms with E-state index in [0.29, 0.717) is 25.9 Å². The van der Waals surface area contributed by atoms with Crippen LogP contribution in [0.15, 0.2) is 0 Å². The topological polar surface area (TPSA) is 41.6 Å². The lowest BCUT2D eigenvalue weighted by Gasteiger charge is -2.34. The Hall–Kier alpha value is -0.820. The summed E-state index contributed by atoms with van der Waals surface area (Å²) in [5.41, 5.74) is -0.744. The van der Waals surface area contributed by atoms with Crippen molar-refractivity contribution in [3.8, 4) is 0 Å². The summed E-state index contributed by atoms with van der Waals surface area (Å²) in [6.07, 6.45) is -1.24. The second kappa shape index (κ2) is 7.45. The fourth-order valence-electron chi connectivity index (χ4n) is 3.29. The molecule has 0 aromatic rings. The molecule has 1 fully saturated rings. The van der Waals surface area contributed by atoms with Gasteiger partial charge in [-0.25, -0.2) is 0 Å². The average molecular weight is 310 g/mol. The normalized spacial score (nSPS) is 26.3. The summed E-state index contributed by atoms with van der Waals surface area (Å²) in [7, 11) is 3.06. The second-order valence-electron chi connectivity index (χ2n) is 5.57. The van der Waals surface area contributed by atoms with Gasteiger partial charge < -0.3 is 10.1 Å². The van der Waals surface area contributed by atoms with Gasteiger partial charge in [0.25, 0.3) is 0 Å². The van der Waals surface area contributed by atoms with Crippen molar-refractivity contribution in [3.05, 3.63) is 0 Å². The Balaban J connectivity index is 2.66. The minimum Gasteiger partial charge on any atom is -0.468 e. The fourth-order valence-corrected chi connectivity index (χ4v) is 3.29. The Morgan fingerprint density at radius 2 is 2.14 bits per heavy atom. The average Bonchev–Trinajstić information content (AvgIpc) is 2.85. The van der Waals surface area contributed by atoms with Crippen LogP contribution in [0.3, 0.4) is 0 Å². The van der Waals surface area contributed by atoms with E-state index in [0.717, 1.165) is 12.8 Å². The Bertz CT molecular complexity index is 350. The van der Waals surface area contributed by atoms with Crippen LogP contribution in [-0.2, 0) is 9.53 Å². The highest BCUT2D eigenvalue weighted by molar-refractivity contribution is 5.81. The molecule has 124 valence electrons. The number of nitrogens with one attached hydrogen (secondary N) is 1. The van der Waals surface area contributed by atoms with Crippen molar-refractivity contribution in [3.63, 3.8) is 0 Å². The minimum atomic E-state index is -4.19. The molecule has 0 spiro atoms. The van der Waals surface area contributed by atoms with Gasteiger partial charge in [0.05, 0.1) is 13.7 Å². The van der Waals surface area contributed by atoms with Gasteiger partial charge in [-0.15, -0.1) is 0 Å². The van der Waals surface area contributed by atoms with Crippen LogP contribution in [0, 0.1) is 5.92 Å². The Labute approximate surface area is 124 Å². The van der Waals surface area contributed by atoms with Crippen LogP contribution in [0.2, 0.25) is 0 Å². The molecule has 0 saturated heterocycles. The van der Waals surface area contributed by atoms with E-state index < -0.39 is 18.3 Å². The number of rotatable bonds is 7. The van der Waals surface area contributed by atoms with E-state index in [1.807, 2.05) is 0 Å². The number of carbonyl (C=O) groups is 1. The Morgan fingerprint density at radius 3 is 2.62 bits per heavy atom. The zero-order chi connectivity index (χ0) is 16.1. The Kier molecular flexibility index (Phi) is 6.46. The van der Waals surface area contributed by atoms with E-state index in [1.54, 1.807) is 14.0 Å². The molecule has 0 heterocycles. The van der Waals surface area contributed by atoms with E-state index in [4.69, 9.17) is 4.74 Å². The van der Waals surface area contributed by atoms with Gasteiger partial charge >= 0.3 is 12.1 Å². The third-order valence-corrected chi connectivity index (χ3v) is 4.46. The van der Waals surface area contributed by atoms with Gasteiger partial charge in [0, 0.05) is 0 Å². The first-order valence-corrected chi connectivity index (χ1v) is 7.35. The van der Waals surface area contributed by atoms with Gasteiger partial charge in [-0.1, -0.05) is 13.3 Å². The predicted molar refractivity (Wildman–Crippen MR) is 73.9 cm³/mol. The lowest BCUT2D eigenvalue weighted by Crippen LogP contribution is -2.54. The molecule has 0 aromatic carbocycles.